The van der Waals surface area contributed by atoms with Crippen molar-refractivity contribution in [2.75, 3.05) is 19.3 Å². The second kappa shape index (κ2) is 8.23. The van der Waals surface area contributed by atoms with Crippen LogP contribution in [0.25, 0.3) is 0 Å². The van der Waals surface area contributed by atoms with Crippen molar-refractivity contribution in [3.8, 4) is 6.07 Å². The standard InChI is InChI=1S/C14H16N2O3S/c1-16(9-4-7-13(17)18)14(19)11-5-2-3-6-12(11)20-10-8-15/h2-3,5-6H,4,7,9-10H2,1H3,(H,17,18). The van der Waals surface area contributed by atoms with Crippen LogP contribution < -0.4 is 0 Å². The zero-order valence-corrected chi connectivity index (χ0v) is 12.0. The molecule has 106 valence electrons. The number of nitriles is 1. The summed E-state index contributed by atoms with van der Waals surface area (Å²) in [7, 11) is 1.65. The first-order valence-corrected chi connectivity index (χ1v) is 7.11. The molecule has 0 saturated carbocycles. The molecule has 0 unspecified atom stereocenters. The fourth-order valence-corrected chi connectivity index (χ4v) is 2.36. The van der Waals surface area contributed by atoms with Crippen LogP contribution in [0.3, 0.4) is 0 Å². The Kier molecular flexibility index (Phi) is 6.60. The summed E-state index contributed by atoms with van der Waals surface area (Å²) in [4.78, 5) is 25.0. The van der Waals surface area contributed by atoms with Crippen LogP contribution >= 0.6 is 11.8 Å². The normalized spacial score (nSPS) is 9.80. The van der Waals surface area contributed by atoms with Gasteiger partial charge in [0.2, 0.25) is 0 Å². The molecule has 0 aliphatic heterocycles. The fraction of sp³-hybridized carbons (Fsp3) is 0.357. The number of carbonyl (C=O) groups is 2. The van der Waals surface area contributed by atoms with Gasteiger partial charge in [0, 0.05) is 24.9 Å². The monoisotopic (exact) mass is 292 g/mol. The number of hydrogen-bond donors (Lipinski definition) is 1. The molecule has 0 bridgehead atoms. The summed E-state index contributed by atoms with van der Waals surface area (Å²) in [5.74, 6) is -0.736. The maximum Gasteiger partial charge on any atom is 0.303 e. The zero-order valence-electron chi connectivity index (χ0n) is 11.2. The molecule has 1 aromatic rings. The minimum absolute atomic E-state index is 0.0441. The van der Waals surface area contributed by atoms with Crippen molar-refractivity contribution in [2.24, 2.45) is 0 Å². The number of benzene rings is 1. The first kappa shape index (κ1) is 16.1. The number of carboxylic acid groups (broad SMARTS) is 1. The van der Waals surface area contributed by atoms with Crippen LogP contribution in [0, 0.1) is 11.3 Å². The number of carbonyl (C=O) groups excluding carboxylic acids is 1. The van der Waals surface area contributed by atoms with Gasteiger partial charge in [-0.05, 0) is 18.6 Å². The topological polar surface area (TPSA) is 81.4 Å². The zero-order chi connectivity index (χ0) is 15.0. The molecule has 5 nitrogen and oxygen atoms in total. The molecule has 0 saturated heterocycles. The van der Waals surface area contributed by atoms with Gasteiger partial charge in [0.1, 0.15) is 0 Å². The van der Waals surface area contributed by atoms with E-state index in [1.807, 2.05) is 12.1 Å². The Labute approximate surface area is 122 Å². The lowest BCUT2D eigenvalue weighted by Gasteiger charge is -2.18. The Morgan fingerprint density at radius 2 is 2.10 bits per heavy atom. The van der Waals surface area contributed by atoms with Crippen LogP contribution in [-0.4, -0.2) is 41.2 Å². The molecular weight excluding hydrogens is 276 g/mol. The molecule has 20 heavy (non-hydrogen) atoms. The maximum absolute atomic E-state index is 12.3. The van der Waals surface area contributed by atoms with Crippen LogP contribution in [0.5, 0.6) is 0 Å². The van der Waals surface area contributed by atoms with Crippen molar-refractivity contribution in [2.45, 2.75) is 17.7 Å². The van der Waals surface area contributed by atoms with Gasteiger partial charge in [-0.15, -0.1) is 11.8 Å². The lowest BCUT2D eigenvalue weighted by atomic mass is 10.2. The Morgan fingerprint density at radius 3 is 2.75 bits per heavy atom. The van der Waals surface area contributed by atoms with E-state index in [4.69, 9.17) is 10.4 Å². The van der Waals surface area contributed by atoms with Crippen molar-refractivity contribution in [1.82, 2.24) is 4.90 Å². The number of amides is 1. The fourth-order valence-electron chi connectivity index (χ4n) is 1.65. The summed E-state index contributed by atoms with van der Waals surface area (Å²) < 4.78 is 0. The smallest absolute Gasteiger partial charge is 0.303 e. The van der Waals surface area contributed by atoms with E-state index in [0.29, 0.717) is 18.5 Å². The number of rotatable bonds is 7. The largest absolute Gasteiger partial charge is 0.481 e. The van der Waals surface area contributed by atoms with Crippen LogP contribution in [-0.2, 0) is 4.79 Å². The van der Waals surface area contributed by atoms with Crippen LogP contribution in [0.15, 0.2) is 29.2 Å². The number of thioether (sulfide) groups is 1. The number of nitrogens with zero attached hydrogens (tertiary/aromatic N) is 2. The number of hydrogen-bond acceptors (Lipinski definition) is 4. The average Bonchev–Trinajstić information content (AvgIpc) is 2.44. The lowest BCUT2D eigenvalue weighted by Crippen LogP contribution is -2.28. The summed E-state index contributed by atoms with van der Waals surface area (Å²) in [6.07, 6.45) is 0.466. The Morgan fingerprint density at radius 1 is 1.40 bits per heavy atom. The Bertz CT molecular complexity index is 525. The summed E-state index contributed by atoms with van der Waals surface area (Å²) in [6.45, 7) is 0.391. The van der Waals surface area contributed by atoms with Crippen molar-refractivity contribution < 1.29 is 14.7 Å². The second-order valence-electron chi connectivity index (χ2n) is 4.17. The molecular formula is C14H16N2O3S. The molecule has 0 atom stereocenters. The van der Waals surface area contributed by atoms with Gasteiger partial charge in [-0.3, -0.25) is 9.59 Å². The highest BCUT2D eigenvalue weighted by Crippen LogP contribution is 2.23. The van der Waals surface area contributed by atoms with Crippen molar-refractivity contribution in [3.05, 3.63) is 29.8 Å². The van der Waals surface area contributed by atoms with Crippen molar-refractivity contribution >= 4 is 23.6 Å². The van der Waals surface area contributed by atoms with Gasteiger partial charge in [0.25, 0.3) is 5.91 Å². The van der Waals surface area contributed by atoms with Gasteiger partial charge >= 0.3 is 5.97 Å². The molecule has 1 aromatic carbocycles. The van der Waals surface area contributed by atoms with Gasteiger partial charge < -0.3 is 10.0 Å². The quantitative estimate of drug-likeness (QED) is 0.779. The maximum atomic E-state index is 12.3. The van der Waals surface area contributed by atoms with E-state index >= 15 is 0 Å². The highest BCUT2D eigenvalue weighted by atomic mass is 32.2. The minimum Gasteiger partial charge on any atom is -0.481 e. The van der Waals surface area contributed by atoms with E-state index < -0.39 is 5.97 Å². The highest BCUT2D eigenvalue weighted by molar-refractivity contribution is 7.99. The summed E-state index contributed by atoms with van der Waals surface area (Å²) in [5.41, 5.74) is 0.547. The Balaban J connectivity index is 2.71. The third-order valence-electron chi connectivity index (χ3n) is 2.64. The predicted molar refractivity (Wildman–Crippen MR) is 76.6 cm³/mol. The van der Waals surface area contributed by atoms with Crippen LogP contribution in [0.4, 0.5) is 0 Å². The summed E-state index contributed by atoms with van der Waals surface area (Å²) in [5, 5.41) is 17.2. The molecule has 0 radical (unpaired) electrons. The van der Waals surface area contributed by atoms with E-state index in [1.165, 1.54) is 16.7 Å². The summed E-state index contributed by atoms with van der Waals surface area (Å²) in [6, 6.07) is 9.15. The van der Waals surface area contributed by atoms with Gasteiger partial charge in [-0.1, -0.05) is 12.1 Å². The first-order valence-electron chi connectivity index (χ1n) is 6.12. The first-order chi connectivity index (χ1) is 9.56. The van der Waals surface area contributed by atoms with Gasteiger partial charge in [-0.2, -0.15) is 5.26 Å². The minimum atomic E-state index is -0.865. The third kappa shape index (κ3) is 4.94. The third-order valence-corrected chi connectivity index (χ3v) is 3.58. The SMILES string of the molecule is CN(CCCC(=O)O)C(=O)c1ccccc1SCC#N. The molecule has 0 heterocycles. The van der Waals surface area contributed by atoms with Crippen molar-refractivity contribution in [3.63, 3.8) is 0 Å². The highest BCUT2D eigenvalue weighted by Gasteiger charge is 2.15. The molecule has 1 N–H and O–H groups in total. The van der Waals surface area contributed by atoms with Crippen LogP contribution in [0.2, 0.25) is 0 Å². The molecule has 1 rings (SSSR count). The van der Waals surface area contributed by atoms with E-state index in [0.717, 1.165) is 4.90 Å². The predicted octanol–water partition coefficient (Wildman–Crippen LogP) is 2.24. The summed E-state index contributed by atoms with van der Waals surface area (Å²) >= 11 is 1.32. The van der Waals surface area contributed by atoms with E-state index in [-0.39, 0.29) is 18.1 Å². The molecule has 0 aliphatic rings. The van der Waals surface area contributed by atoms with E-state index in [2.05, 4.69) is 0 Å². The van der Waals surface area contributed by atoms with Gasteiger partial charge in [0.05, 0.1) is 17.4 Å². The van der Waals surface area contributed by atoms with E-state index in [1.54, 1.807) is 25.2 Å². The molecule has 0 aliphatic carbocycles. The molecule has 0 aromatic heterocycles. The lowest BCUT2D eigenvalue weighted by molar-refractivity contribution is -0.137. The molecule has 6 heteroatoms. The van der Waals surface area contributed by atoms with Gasteiger partial charge in [-0.25, -0.2) is 0 Å². The van der Waals surface area contributed by atoms with Crippen molar-refractivity contribution in [1.29, 1.82) is 5.26 Å². The second-order valence-corrected chi connectivity index (χ2v) is 5.18. The molecule has 0 fully saturated rings. The molecule has 0 spiro atoms. The van der Waals surface area contributed by atoms with Crippen LogP contribution in [0.1, 0.15) is 23.2 Å². The molecule has 1 amide bonds. The number of aliphatic carboxylic acids is 1. The van der Waals surface area contributed by atoms with Gasteiger partial charge in [0.15, 0.2) is 0 Å². The number of carboxylic acids is 1. The Hall–Kier alpha value is -2.00. The average molecular weight is 292 g/mol. The van der Waals surface area contributed by atoms with E-state index in [9.17, 15) is 9.59 Å².